The Hall–Kier alpha value is -2.36. The summed E-state index contributed by atoms with van der Waals surface area (Å²) in [5.74, 6) is -0.298. The van der Waals surface area contributed by atoms with E-state index in [1.165, 1.54) is 28.8 Å². The van der Waals surface area contributed by atoms with Crippen molar-refractivity contribution < 1.29 is 18.0 Å². The van der Waals surface area contributed by atoms with E-state index in [4.69, 9.17) is 35.4 Å². The van der Waals surface area contributed by atoms with Crippen molar-refractivity contribution in [2.75, 3.05) is 0 Å². The zero-order chi connectivity index (χ0) is 20.5. The van der Waals surface area contributed by atoms with E-state index in [1.54, 1.807) is 6.07 Å². The number of benzene rings is 2. The Labute approximate surface area is 172 Å². The molecule has 3 rings (SSSR count). The molecule has 28 heavy (non-hydrogen) atoms. The second-order valence-electron chi connectivity index (χ2n) is 5.64. The van der Waals surface area contributed by atoms with E-state index in [2.05, 4.69) is 15.5 Å². The predicted octanol–water partition coefficient (Wildman–Crippen LogP) is 5.19. The monoisotopic (exact) mass is 446 g/mol. The molecule has 146 valence electrons. The molecule has 2 N–H and O–H groups in total. The molecule has 5 nitrogen and oxygen atoms in total. The fourth-order valence-electron chi connectivity index (χ4n) is 2.46. The first kappa shape index (κ1) is 20.4. The van der Waals surface area contributed by atoms with E-state index >= 15 is 0 Å². The van der Waals surface area contributed by atoms with Crippen molar-refractivity contribution >= 4 is 41.3 Å². The van der Waals surface area contributed by atoms with Crippen LogP contribution >= 0.6 is 35.4 Å². The van der Waals surface area contributed by atoms with Gasteiger partial charge in [0.2, 0.25) is 0 Å². The number of nitrogens with one attached hydrogen (secondary N) is 2. The quantitative estimate of drug-likeness (QED) is 0.542. The molecule has 1 aromatic heterocycles. The lowest BCUT2D eigenvalue weighted by Gasteiger charge is -2.12. The number of nitrogens with zero attached hydrogens (tertiary/aromatic N) is 2. The molecule has 2 aromatic carbocycles. The lowest BCUT2D eigenvalue weighted by molar-refractivity contribution is -0.137. The molecule has 0 radical (unpaired) electrons. The number of alkyl halides is 3. The molecule has 0 unspecified atom stereocenters. The zero-order valence-corrected chi connectivity index (χ0v) is 16.2. The van der Waals surface area contributed by atoms with Gasteiger partial charge in [0.1, 0.15) is 0 Å². The largest absolute Gasteiger partial charge is 0.416 e. The Morgan fingerprint density at radius 3 is 2.68 bits per heavy atom. The van der Waals surface area contributed by atoms with Gasteiger partial charge in [0.25, 0.3) is 5.91 Å². The maximum absolute atomic E-state index is 13.0. The molecule has 0 bridgehead atoms. The van der Waals surface area contributed by atoms with Crippen LogP contribution in [0.15, 0.2) is 42.5 Å². The molecular weight excluding hydrogens is 436 g/mol. The number of aromatic nitrogens is 3. The van der Waals surface area contributed by atoms with Crippen LogP contribution in [0.1, 0.15) is 21.7 Å². The van der Waals surface area contributed by atoms with Gasteiger partial charge in [-0.05, 0) is 48.6 Å². The maximum Gasteiger partial charge on any atom is 0.416 e. The van der Waals surface area contributed by atoms with Gasteiger partial charge in [0, 0.05) is 5.02 Å². The summed E-state index contributed by atoms with van der Waals surface area (Å²) < 4.78 is 40.3. The van der Waals surface area contributed by atoms with E-state index in [1.807, 2.05) is 0 Å². The zero-order valence-electron chi connectivity index (χ0n) is 13.8. The van der Waals surface area contributed by atoms with Crippen molar-refractivity contribution in [3.63, 3.8) is 0 Å². The van der Waals surface area contributed by atoms with Gasteiger partial charge in [-0.2, -0.15) is 18.3 Å². The Bertz CT molecular complexity index is 1090. The third kappa shape index (κ3) is 4.37. The molecule has 0 atom stereocenters. The molecule has 11 heteroatoms. The van der Waals surface area contributed by atoms with Crippen LogP contribution in [0.5, 0.6) is 0 Å². The third-order valence-electron chi connectivity index (χ3n) is 3.75. The van der Waals surface area contributed by atoms with Crippen LogP contribution in [0.25, 0.3) is 5.69 Å². The van der Waals surface area contributed by atoms with Gasteiger partial charge < -0.3 is 5.32 Å². The summed E-state index contributed by atoms with van der Waals surface area (Å²) in [5, 5.41) is 9.63. The number of carbonyl (C=O) groups excluding carboxylic acids is 1. The van der Waals surface area contributed by atoms with Gasteiger partial charge in [0.15, 0.2) is 10.6 Å². The van der Waals surface area contributed by atoms with Crippen LogP contribution in [0, 0.1) is 4.77 Å². The maximum atomic E-state index is 13.0. The predicted molar refractivity (Wildman–Crippen MR) is 101 cm³/mol. The van der Waals surface area contributed by atoms with E-state index < -0.39 is 17.6 Å². The lowest BCUT2D eigenvalue weighted by atomic mass is 10.2. The number of amides is 1. The van der Waals surface area contributed by atoms with Crippen LogP contribution in [-0.4, -0.2) is 20.7 Å². The Balaban J connectivity index is 1.87. The minimum Gasteiger partial charge on any atom is -0.345 e. The molecule has 0 spiro atoms. The second kappa shape index (κ2) is 7.94. The highest BCUT2D eigenvalue weighted by molar-refractivity contribution is 7.71. The van der Waals surface area contributed by atoms with Crippen molar-refractivity contribution in [2.24, 2.45) is 0 Å². The number of carbonyl (C=O) groups is 1. The summed E-state index contributed by atoms with van der Waals surface area (Å²) in [5.41, 5.74) is -0.499. The first-order valence-electron chi connectivity index (χ1n) is 7.74. The van der Waals surface area contributed by atoms with Crippen LogP contribution < -0.4 is 5.32 Å². The van der Waals surface area contributed by atoms with Crippen molar-refractivity contribution in [3.8, 4) is 5.69 Å². The molecule has 0 fully saturated rings. The molecule has 1 amide bonds. The molecular formula is C17H11Cl2F3N4OS. The van der Waals surface area contributed by atoms with Crippen molar-refractivity contribution in [1.29, 1.82) is 0 Å². The van der Waals surface area contributed by atoms with E-state index in [0.29, 0.717) is 5.02 Å². The van der Waals surface area contributed by atoms with Crippen molar-refractivity contribution in [2.45, 2.75) is 12.7 Å². The molecule has 3 aromatic rings. The minimum atomic E-state index is -4.50. The van der Waals surface area contributed by atoms with Crippen LogP contribution in [-0.2, 0) is 12.7 Å². The third-order valence-corrected chi connectivity index (χ3v) is 4.59. The normalized spacial score (nSPS) is 11.5. The Kier molecular flexibility index (Phi) is 5.78. The number of hydrogen-bond donors (Lipinski definition) is 2. The van der Waals surface area contributed by atoms with Gasteiger partial charge in [0.05, 0.1) is 28.4 Å². The summed E-state index contributed by atoms with van der Waals surface area (Å²) in [4.78, 5) is 12.4. The van der Waals surface area contributed by atoms with E-state index in [0.717, 1.165) is 12.1 Å². The number of aromatic amines is 1. The Morgan fingerprint density at radius 1 is 1.21 bits per heavy atom. The molecule has 0 aliphatic heterocycles. The molecule has 0 aliphatic carbocycles. The smallest absolute Gasteiger partial charge is 0.345 e. The van der Waals surface area contributed by atoms with Crippen molar-refractivity contribution in [1.82, 2.24) is 20.1 Å². The van der Waals surface area contributed by atoms with Crippen molar-refractivity contribution in [3.05, 3.63) is 74.2 Å². The van der Waals surface area contributed by atoms with Gasteiger partial charge in [-0.15, -0.1) is 0 Å². The summed E-state index contributed by atoms with van der Waals surface area (Å²) >= 11 is 17.0. The van der Waals surface area contributed by atoms with E-state index in [-0.39, 0.29) is 33.4 Å². The van der Waals surface area contributed by atoms with Gasteiger partial charge in [-0.1, -0.05) is 29.3 Å². The summed E-state index contributed by atoms with van der Waals surface area (Å²) in [6.07, 6.45) is -4.50. The highest BCUT2D eigenvalue weighted by atomic mass is 35.5. The first-order chi connectivity index (χ1) is 13.2. The fraction of sp³-hybridized carbons (Fsp3) is 0.118. The summed E-state index contributed by atoms with van der Waals surface area (Å²) in [6.45, 7) is -0.106. The number of rotatable bonds is 4. The SMILES string of the molecule is O=C(NCc1n[nH]c(=S)n1-c1cccc(C(F)(F)F)c1)c1cc(Cl)ccc1Cl. The number of hydrogen-bond acceptors (Lipinski definition) is 3. The molecule has 0 saturated carbocycles. The topological polar surface area (TPSA) is 62.7 Å². The number of halogens is 5. The van der Waals surface area contributed by atoms with Crippen LogP contribution in [0.3, 0.4) is 0 Å². The lowest BCUT2D eigenvalue weighted by Crippen LogP contribution is -2.25. The van der Waals surface area contributed by atoms with Crippen LogP contribution in [0.2, 0.25) is 10.0 Å². The Morgan fingerprint density at radius 2 is 1.96 bits per heavy atom. The highest BCUT2D eigenvalue weighted by Gasteiger charge is 2.30. The first-order valence-corrected chi connectivity index (χ1v) is 8.90. The fourth-order valence-corrected chi connectivity index (χ4v) is 3.09. The average molecular weight is 447 g/mol. The second-order valence-corrected chi connectivity index (χ2v) is 6.87. The molecule has 0 saturated heterocycles. The molecule has 0 aliphatic rings. The summed E-state index contributed by atoms with van der Waals surface area (Å²) in [6, 6.07) is 9.06. The minimum absolute atomic E-state index is 0.0874. The molecule has 1 heterocycles. The number of H-pyrrole nitrogens is 1. The van der Waals surface area contributed by atoms with E-state index in [9.17, 15) is 18.0 Å². The van der Waals surface area contributed by atoms with Gasteiger partial charge in [-0.25, -0.2) is 0 Å². The van der Waals surface area contributed by atoms with Gasteiger partial charge in [-0.3, -0.25) is 14.5 Å². The van der Waals surface area contributed by atoms with Gasteiger partial charge >= 0.3 is 6.18 Å². The summed E-state index contributed by atoms with van der Waals surface area (Å²) in [7, 11) is 0. The average Bonchev–Trinajstić information content (AvgIpc) is 3.01. The van der Waals surface area contributed by atoms with Crippen LogP contribution in [0.4, 0.5) is 13.2 Å². The standard InChI is InChI=1S/C17H11Cl2F3N4OS/c18-10-4-5-13(19)12(7-10)15(27)23-8-14-24-25-16(28)26(14)11-3-1-2-9(6-11)17(20,21)22/h1-7H,8H2,(H,23,27)(H,25,28). The highest BCUT2D eigenvalue weighted by Crippen LogP contribution is 2.30.